The smallest absolute Gasteiger partial charge is 0.320 e. The quantitative estimate of drug-likeness (QED) is 0.785. The summed E-state index contributed by atoms with van der Waals surface area (Å²) in [7, 11) is 0. The Bertz CT molecular complexity index is 281. The minimum Gasteiger partial charge on any atom is -0.480 e. The van der Waals surface area contributed by atoms with Crippen LogP contribution >= 0.6 is 11.8 Å². The van der Waals surface area contributed by atoms with Crippen molar-refractivity contribution >= 4 is 17.7 Å². The van der Waals surface area contributed by atoms with E-state index in [4.69, 9.17) is 15.6 Å². The van der Waals surface area contributed by atoms with Crippen LogP contribution in [0.2, 0.25) is 0 Å². The molecular formula is C12H21NO3S. The minimum atomic E-state index is -0.895. The predicted molar refractivity (Wildman–Crippen MR) is 68.2 cm³/mol. The van der Waals surface area contributed by atoms with Crippen LogP contribution in [-0.2, 0) is 9.53 Å². The van der Waals surface area contributed by atoms with Gasteiger partial charge in [0.05, 0.1) is 5.60 Å². The van der Waals surface area contributed by atoms with E-state index >= 15 is 0 Å². The standard InChI is InChI=1S/C12H21NO3S/c13-10(11(14)15)3-7-17-9-2-6-16-12(8-9)4-1-5-12/h9-10H,1-8,13H2,(H,14,15). The molecule has 3 N–H and O–H groups in total. The van der Waals surface area contributed by atoms with E-state index in [2.05, 4.69) is 0 Å². The molecule has 1 aliphatic carbocycles. The second-order valence-electron chi connectivity index (χ2n) is 5.10. The van der Waals surface area contributed by atoms with Gasteiger partial charge in [0.25, 0.3) is 0 Å². The van der Waals surface area contributed by atoms with Crippen LogP contribution in [0.25, 0.3) is 0 Å². The van der Waals surface area contributed by atoms with Crippen LogP contribution < -0.4 is 5.73 Å². The van der Waals surface area contributed by atoms with Crippen molar-refractivity contribution in [3.8, 4) is 0 Å². The third-order valence-corrected chi connectivity index (χ3v) is 5.16. The van der Waals surface area contributed by atoms with Gasteiger partial charge in [0.2, 0.25) is 0 Å². The van der Waals surface area contributed by atoms with Gasteiger partial charge < -0.3 is 15.6 Å². The Balaban J connectivity index is 1.67. The molecular weight excluding hydrogens is 238 g/mol. The summed E-state index contributed by atoms with van der Waals surface area (Å²) in [6.07, 6.45) is 6.50. The van der Waals surface area contributed by atoms with Gasteiger partial charge in [0.1, 0.15) is 6.04 Å². The highest BCUT2D eigenvalue weighted by Crippen LogP contribution is 2.45. The van der Waals surface area contributed by atoms with Crippen LogP contribution in [0, 0.1) is 0 Å². The van der Waals surface area contributed by atoms with Crippen LogP contribution in [0.4, 0.5) is 0 Å². The molecule has 17 heavy (non-hydrogen) atoms. The lowest BCUT2D eigenvalue weighted by Crippen LogP contribution is -2.46. The first-order valence-corrected chi connectivity index (χ1v) is 7.40. The van der Waals surface area contributed by atoms with Crippen molar-refractivity contribution in [3.05, 3.63) is 0 Å². The molecule has 0 amide bonds. The van der Waals surface area contributed by atoms with E-state index in [1.54, 1.807) is 0 Å². The normalized spacial score (nSPS) is 28.6. The van der Waals surface area contributed by atoms with Gasteiger partial charge in [-0.15, -0.1) is 0 Å². The highest BCUT2D eigenvalue weighted by Gasteiger charge is 2.42. The van der Waals surface area contributed by atoms with Gasteiger partial charge in [0.15, 0.2) is 0 Å². The van der Waals surface area contributed by atoms with E-state index in [-0.39, 0.29) is 5.60 Å². The van der Waals surface area contributed by atoms with Gasteiger partial charge in [0, 0.05) is 11.9 Å². The van der Waals surface area contributed by atoms with Gasteiger partial charge in [-0.2, -0.15) is 11.8 Å². The van der Waals surface area contributed by atoms with E-state index in [0.717, 1.165) is 25.2 Å². The number of aliphatic carboxylic acids is 1. The maximum Gasteiger partial charge on any atom is 0.320 e. The molecule has 0 aromatic rings. The maximum atomic E-state index is 10.6. The number of carboxylic acids is 1. The summed E-state index contributed by atoms with van der Waals surface area (Å²) < 4.78 is 5.87. The molecule has 2 aliphatic rings. The molecule has 0 aromatic heterocycles. The second-order valence-corrected chi connectivity index (χ2v) is 6.51. The molecule has 2 fully saturated rings. The summed E-state index contributed by atoms with van der Waals surface area (Å²) in [4.78, 5) is 10.6. The van der Waals surface area contributed by atoms with Crippen molar-refractivity contribution in [1.29, 1.82) is 0 Å². The lowest BCUT2D eigenvalue weighted by molar-refractivity contribution is -0.138. The van der Waals surface area contributed by atoms with Gasteiger partial charge >= 0.3 is 5.97 Å². The number of rotatable bonds is 5. The summed E-state index contributed by atoms with van der Waals surface area (Å²) in [5, 5.41) is 9.32. The Morgan fingerprint density at radius 2 is 2.35 bits per heavy atom. The van der Waals surface area contributed by atoms with Crippen molar-refractivity contribution < 1.29 is 14.6 Å². The molecule has 0 radical (unpaired) electrons. The Labute approximate surface area is 106 Å². The summed E-state index contributed by atoms with van der Waals surface area (Å²) in [6, 6.07) is -0.708. The molecule has 5 heteroatoms. The van der Waals surface area contributed by atoms with Crippen LogP contribution in [0.1, 0.15) is 38.5 Å². The van der Waals surface area contributed by atoms with Crippen molar-refractivity contribution in [1.82, 2.24) is 0 Å². The number of hydrogen-bond acceptors (Lipinski definition) is 4. The SMILES string of the molecule is NC(CCSC1CCOC2(CCC2)C1)C(=O)O. The first-order chi connectivity index (χ1) is 8.11. The van der Waals surface area contributed by atoms with Crippen molar-refractivity contribution in [3.63, 3.8) is 0 Å². The summed E-state index contributed by atoms with van der Waals surface area (Å²) >= 11 is 1.87. The Morgan fingerprint density at radius 1 is 1.59 bits per heavy atom. The highest BCUT2D eigenvalue weighted by molar-refractivity contribution is 7.99. The monoisotopic (exact) mass is 259 g/mol. The van der Waals surface area contributed by atoms with Crippen molar-refractivity contribution in [2.45, 2.75) is 55.4 Å². The molecule has 1 saturated heterocycles. The Hall–Kier alpha value is -0.260. The summed E-state index contributed by atoms with van der Waals surface area (Å²) in [5.41, 5.74) is 5.67. The first-order valence-electron chi connectivity index (χ1n) is 6.35. The molecule has 0 aromatic carbocycles. The Morgan fingerprint density at radius 3 is 2.94 bits per heavy atom. The number of ether oxygens (including phenoxy) is 1. The van der Waals surface area contributed by atoms with Gasteiger partial charge in [-0.3, -0.25) is 4.79 Å². The number of nitrogens with two attached hydrogens (primary N) is 1. The number of carbonyl (C=O) groups is 1. The zero-order chi connectivity index (χ0) is 12.3. The van der Waals surface area contributed by atoms with Crippen LogP contribution in [0.15, 0.2) is 0 Å². The van der Waals surface area contributed by atoms with Crippen molar-refractivity contribution in [2.75, 3.05) is 12.4 Å². The minimum absolute atomic E-state index is 0.185. The topological polar surface area (TPSA) is 72.5 Å². The molecule has 1 spiro atoms. The van der Waals surface area contributed by atoms with Gasteiger partial charge in [-0.05, 0) is 44.3 Å². The zero-order valence-electron chi connectivity index (χ0n) is 10.1. The van der Waals surface area contributed by atoms with E-state index in [9.17, 15) is 4.79 Å². The van der Waals surface area contributed by atoms with Crippen LogP contribution in [0.5, 0.6) is 0 Å². The molecule has 2 atom stereocenters. The largest absolute Gasteiger partial charge is 0.480 e. The molecule has 0 bridgehead atoms. The summed E-state index contributed by atoms with van der Waals surface area (Å²) in [6.45, 7) is 0.864. The van der Waals surface area contributed by atoms with E-state index in [1.807, 2.05) is 11.8 Å². The molecule has 1 saturated carbocycles. The number of thioether (sulfide) groups is 1. The molecule has 1 heterocycles. The average Bonchev–Trinajstić information content (AvgIpc) is 2.27. The van der Waals surface area contributed by atoms with Gasteiger partial charge in [-0.25, -0.2) is 0 Å². The lowest BCUT2D eigenvalue weighted by Gasteiger charge is -2.47. The van der Waals surface area contributed by atoms with E-state index in [1.165, 1.54) is 19.3 Å². The third kappa shape index (κ3) is 3.36. The summed E-state index contributed by atoms with van der Waals surface area (Å²) in [5.74, 6) is -0.0539. The number of hydrogen-bond donors (Lipinski definition) is 2. The van der Waals surface area contributed by atoms with Crippen LogP contribution in [-0.4, -0.2) is 40.3 Å². The van der Waals surface area contributed by atoms with Crippen LogP contribution in [0.3, 0.4) is 0 Å². The second kappa shape index (κ2) is 5.59. The zero-order valence-corrected chi connectivity index (χ0v) is 10.9. The average molecular weight is 259 g/mol. The number of carboxylic acid groups (broad SMARTS) is 1. The fourth-order valence-electron chi connectivity index (χ4n) is 2.53. The van der Waals surface area contributed by atoms with Crippen molar-refractivity contribution in [2.24, 2.45) is 5.73 Å². The van der Waals surface area contributed by atoms with Gasteiger partial charge in [-0.1, -0.05) is 0 Å². The first kappa shape index (κ1) is 13.2. The molecule has 4 nitrogen and oxygen atoms in total. The maximum absolute atomic E-state index is 10.6. The third-order valence-electron chi connectivity index (χ3n) is 3.81. The molecule has 2 unspecified atom stereocenters. The lowest BCUT2D eigenvalue weighted by atomic mass is 9.75. The fraction of sp³-hybridized carbons (Fsp3) is 0.917. The predicted octanol–water partition coefficient (Wildman–Crippen LogP) is 1.62. The highest BCUT2D eigenvalue weighted by atomic mass is 32.2. The molecule has 1 aliphatic heterocycles. The Kier molecular flexibility index (Phi) is 4.33. The molecule has 98 valence electrons. The van der Waals surface area contributed by atoms with E-state index < -0.39 is 12.0 Å². The van der Waals surface area contributed by atoms with E-state index in [0.29, 0.717) is 11.7 Å². The fourth-order valence-corrected chi connectivity index (χ4v) is 3.94. The molecule has 2 rings (SSSR count).